The molecule has 0 saturated heterocycles. The molecule has 2 N–H and O–H groups in total. The summed E-state index contributed by atoms with van der Waals surface area (Å²) in [6.07, 6.45) is -4.82. The second kappa shape index (κ2) is 3.80. The number of halogens is 3. The van der Waals surface area contributed by atoms with Gasteiger partial charge in [0.15, 0.2) is 11.5 Å². The second-order valence-electron chi connectivity index (χ2n) is 2.82. The van der Waals surface area contributed by atoms with Gasteiger partial charge in [0, 0.05) is 5.56 Å². The lowest BCUT2D eigenvalue weighted by molar-refractivity contribution is -0.274. The van der Waals surface area contributed by atoms with Crippen LogP contribution in [0.15, 0.2) is 18.2 Å². The van der Waals surface area contributed by atoms with Gasteiger partial charge in [0.25, 0.3) is 0 Å². The number of rotatable bonds is 2. The van der Waals surface area contributed by atoms with Crippen LogP contribution in [0, 0.1) is 0 Å². The first-order valence-corrected chi connectivity index (χ1v) is 3.96. The molecule has 0 aromatic heterocycles. The Labute approximate surface area is 83.6 Å². The summed E-state index contributed by atoms with van der Waals surface area (Å²) in [4.78, 5) is 11.0. The van der Waals surface area contributed by atoms with Crippen LogP contribution in [0.1, 0.15) is 17.3 Å². The Morgan fingerprint density at radius 3 is 2.47 bits per heavy atom. The van der Waals surface area contributed by atoms with Gasteiger partial charge < -0.3 is 10.5 Å². The standard InChI is InChI=1S/C9H8F3NO2/c1-5(14)6-3-2-4-7(8(6)13)15-9(10,11)12/h2-4H,13H2,1H3. The zero-order valence-electron chi connectivity index (χ0n) is 7.76. The van der Waals surface area contributed by atoms with E-state index in [1.165, 1.54) is 19.1 Å². The molecule has 3 nitrogen and oxygen atoms in total. The molecule has 1 aromatic rings. The van der Waals surface area contributed by atoms with Gasteiger partial charge in [-0.1, -0.05) is 6.07 Å². The summed E-state index contributed by atoms with van der Waals surface area (Å²) in [5, 5.41) is 0. The van der Waals surface area contributed by atoms with Crippen molar-refractivity contribution in [3.63, 3.8) is 0 Å². The fourth-order valence-electron chi connectivity index (χ4n) is 1.06. The zero-order chi connectivity index (χ0) is 11.6. The SMILES string of the molecule is CC(=O)c1cccc(OC(F)(F)F)c1N. The minimum Gasteiger partial charge on any atom is -0.404 e. The Morgan fingerprint density at radius 1 is 1.40 bits per heavy atom. The lowest BCUT2D eigenvalue weighted by atomic mass is 10.1. The van der Waals surface area contributed by atoms with Crippen LogP contribution >= 0.6 is 0 Å². The summed E-state index contributed by atoms with van der Waals surface area (Å²) >= 11 is 0. The highest BCUT2D eigenvalue weighted by Crippen LogP contribution is 2.30. The van der Waals surface area contributed by atoms with E-state index in [4.69, 9.17) is 5.73 Å². The van der Waals surface area contributed by atoms with E-state index in [0.29, 0.717) is 0 Å². The number of nitrogens with two attached hydrogens (primary N) is 1. The Kier molecular flexibility index (Phi) is 2.88. The molecule has 0 radical (unpaired) electrons. The number of ether oxygens (including phenoxy) is 1. The summed E-state index contributed by atoms with van der Waals surface area (Å²) in [5.74, 6) is -0.977. The molecule has 0 bridgehead atoms. The van der Waals surface area contributed by atoms with Crippen molar-refractivity contribution in [2.45, 2.75) is 13.3 Å². The third-order valence-electron chi connectivity index (χ3n) is 1.67. The Balaban J connectivity index is 3.10. The molecule has 82 valence electrons. The van der Waals surface area contributed by atoms with Crippen LogP contribution in [0.5, 0.6) is 5.75 Å². The Bertz CT molecular complexity index is 387. The van der Waals surface area contributed by atoms with Crippen LogP contribution in [-0.2, 0) is 0 Å². The van der Waals surface area contributed by atoms with E-state index in [1.807, 2.05) is 0 Å². The molecular formula is C9H8F3NO2. The number of carbonyl (C=O) groups is 1. The topological polar surface area (TPSA) is 52.3 Å². The van der Waals surface area contributed by atoms with Crippen molar-refractivity contribution < 1.29 is 22.7 Å². The molecule has 1 aromatic carbocycles. The van der Waals surface area contributed by atoms with Gasteiger partial charge in [-0.05, 0) is 19.1 Å². The van der Waals surface area contributed by atoms with Crippen LogP contribution in [0.4, 0.5) is 18.9 Å². The van der Waals surface area contributed by atoms with Gasteiger partial charge in [-0.15, -0.1) is 13.2 Å². The van der Waals surface area contributed by atoms with Crippen molar-refractivity contribution in [2.75, 3.05) is 5.73 Å². The van der Waals surface area contributed by atoms with E-state index in [1.54, 1.807) is 0 Å². The minimum atomic E-state index is -4.82. The van der Waals surface area contributed by atoms with Crippen molar-refractivity contribution in [3.05, 3.63) is 23.8 Å². The van der Waals surface area contributed by atoms with Crippen LogP contribution < -0.4 is 10.5 Å². The normalized spacial score (nSPS) is 11.2. The van der Waals surface area contributed by atoms with Gasteiger partial charge in [0.1, 0.15) is 0 Å². The third-order valence-corrected chi connectivity index (χ3v) is 1.67. The summed E-state index contributed by atoms with van der Waals surface area (Å²) in [6, 6.07) is 3.66. The van der Waals surface area contributed by atoms with Gasteiger partial charge in [-0.25, -0.2) is 0 Å². The number of hydrogen-bond acceptors (Lipinski definition) is 3. The van der Waals surface area contributed by atoms with Crippen molar-refractivity contribution in [1.82, 2.24) is 0 Å². The summed E-state index contributed by atoms with van der Waals surface area (Å²) in [6.45, 7) is 1.21. The molecule has 0 unspecified atom stereocenters. The van der Waals surface area contributed by atoms with Crippen LogP contribution in [0.3, 0.4) is 0 Å². The number of anilines is 1. The van der Waals surface area contributed by atoms with Crippen LogP contribution in [0.2, 0.25) is 0 Å². The van der Waals surface area contributed by atoms with Gasteiger partial charge in [0.05, 0.1) is 5.69 Å². The average molecular weight is 219 g/mol. The number of para-hydroxylation sites is 1. The van der Waals surface area contributed by atoms with E-state index in [2.05, 4.69) is 4.74 Å². The fraction of sp³-hybridized carbons (Fsp3) is 0.222. The van der Waals surface area contributed by atoms with E-state index in [0.717, 1.165) is 6.07 Å². The zero-order valence-corrected chi connectivity index (χ0v) is 7.76. The molecule has 0 amide bonds. The Morgan fingerprint density at radius 2 is 2.00 bits per heavy atom. The highest BCUT2D eigenvalue weighted by molar-refractivity contribution is 6.00. The van der Waals surface area contributed by atoms with E-state index in [9.17, 15) is 18.0 Å². The summed E-state index contributed by atoms with van der Waals surface area (Å²) in [7, 11) is 0. The minimum absolute atomic E-state index is 0.0109. The first kappa shape index (κ1) is 11.4. The maximum Gasteiger partial charge on any atom is 0.573 e. The lowest BCUT2D eigenvalue weighted by Gasteiger charge is -2.12. The molecule has 0 aliphatic rings. The van der Waals surface area contributed by atoms with E-state index >= 15 is 0 Å². The molecule has 0 spiro atoms. The number of carbonyl (C=O) groups excluding carboxylic acids is 1. The predicted molar refractivity (Wildman–Crippen MR) is 47.5 cm³/mol. The number of ketones is 1. The molecule has 0 atom stereocenters. The molecule has 1 rings (SSSR count). The van der Waals surface area contributed by atoms with Crippen molar-refractivity contribution in [2.24, 2.45) is 0 Å². The fourth-order valence-corrected chi connectivity index (χ4v) is 1.06. The smallest absolute Gasteiger partial charge is 0.404 e. The van der Waals surface area contributed by atoms with Gasteiger partial charge >= 0.3 is 6.36 Å². The van der Waals surface area contributed by atoms with Crippen molar-refractivity contribution >= 4 is 11.5 Å². The number of hydrogen-bond donors (Lipinski definition) is 1. The largest absolute Gasteiger partial charge is 0.573 e. The van der Waals surface area contributed by atoms with Crippen LogP contribution in [-0.4, -0.2) is 12.1 Å². The number of nitrogen functional groups attached to an aromatic ring is 1. The highest BCUT2D eigenvalue weighted by atomic mass is 19.4. The maximum atomic E-state index is 11.9. The highest BCUT2D eigenvalue weighted by Gasteiger charge is 2.32. The first-order chi connectivity index (χ1) is 6.81. The molecule has 0 heterocycles. The number of Topliss-reactive ketones (excluding diaryl/α,β-unsaturated/α-hetero) is 1. The third kappa shape index (κ3) is 2.87. The number of benzene rings is 1. The predicted octanol–water partition coefficient (Wildman–Crippen LogP) is 2.37. The maximum absolute atomic E-state index is 11.9. The molecule has 0 fully saturated rings. The molecule has 6 heteroatoms. The quantitative estimate of drug-likeness (QED) is 0.613. The molecule has 15 heavy (non-hydrogen) atoms. The lowest BCUT2D eigenvalue weighted by Crippen LogP contribution is -2.18. The van der Waals surface area contributed by atoms with Crippen LogP contribution in [0.25, 0.3) is 0 Å². The molecular weight excluding hydrogens is 211 g/mol. The average Bonchev–Trinajstić information content (AvgIpc) is 2.05. The summed E-state index contributed by atoms with van der Waals surface area (Å²) < 4.78 is 39.3. The first-order valence-electron chi connectivity index (χ1n) is 3.96. The van der Waals surface area contributed by atoms with Crippen molar-refractivity contribution in [3.8, 4) is 5.75 Å². The van der Waals surface area contributed by atoms with Gasteiger partial charge in [-0.3, -0.25) is 4.79 Å². The molecule has 0 aliphatic heterocycles. The molecule has 0 aliphatic carbocycles. The van der Waals surface area contributed by atoms with E-state index < -0.39 is 17.9 Å². The monoisotopic (exact) mass is 219 g/mol. The van der Waals surface area contributed by atoms with Gasteiger partial charge in [0.2, 0.25) is 0 Å². The van der Waals surface area contributed by atoms with Gasteiger partial charge in [-0.2, -0.15) is 0 Å². The van der Waals surface area contributed by atoms with Crippen molar-refractivity contribution in [1.29, 1.82) is 0 Å². The Hall–Kier alpha value is -1.72. The second-order valence-corrected chi connectivity index (χ2v) is 2.82. The summed E-state index contributed by atoms with van der Waals surface area (Å²) in [5.41, 5.74) is 5.05. The number of alkyl halides is 3. The van der Waals surface area contributed by atoms with E-state index in [-0.39, 0.29) is 11.3 Å². The molecule has 0 saturated carbocycles.